The number of carboxylic acids is 2. The van der Waals surface area contributed by atoms with Crippen LogP contribution in [0.4, 0.5) is 0 Å². The van der Waals surface area contributed by atoms with Gasteiger partial charge in [0.25, 0.3) is 0 Å². The third kappa shape index (κ3) is 7.56. The molecule has 11 nitrogen and oxygen atoms in total. The predicted octanol–water partition coefficient (Wildman–Crippen LogP) is 0.221. The van der Waals surface area contributed by atoms with Crippen LogP contribution in [0.3, 0.4) is 0 Å². The van der Waals surface area contributed by atoms with Gasteiger partial charge in [-0.3, -0.25) is 9.59 Å². The molecule has 1 aliphatic carbocycles. The molecular formula is C23H36O11. The number of hydrogen-bond donors (Lipinski definition) is 6. The fourth-order valence-corrected chi connectivity index (χ4v) is 4.45. The topological polar surface area (TPSA) is 191 Å². The summed E-state index contributed by atoms with van der Waals surface area (Å²) >= 11 is 0. The van der Waals surface area contributed by atoms with Crippen LogP contribution in [0.5, 0.6) is 0 Å². The number of ether oxygens (including phenoxy) is 2. The van der Waals surface area contributed by atoms with E-state index in [4.69, 9.17) is 19.7 Å². The van der Waals surface area contributed by atoms with Crippen LogP contribution in [0.25, 0.3) is 0 Å². The van der Waals surface area contributed by atoms with Crippen molar-refractivity contribution < 1.29 is 54.5 Å². The summed E-state index contributed by atoms with van der Waals surface area (Å²) in [6.45, 7) is 1.77. The standard InChI is InChI=1S/C23H36O11/c1-2-12(33-23-20(30)18(28)19(29)21(34-23)22(31)32)9-10-14-13(15(24)11-16(14)25)7-5-3-4-6-8-17(26)27/h9-10,12-14,16,18-21,23,25,28-30H,2-8,11H2,1H3,(H,26,27)(H,31,32)/t12?,13?,14?,16?,18-,19-,20+,21-,23?/m0/s1. The van der Waals surface area contributed by atoms with Crippen LogP contribution >= 0.6 is 0 Å². The summed E-state index contributed by atoms with van der Waals surface area (Å²) in [5, 5.41) is 58.1. The Hall–Kier alpha value is -1.89. The van der Waals surface area contributed by atoms with Gasteiger partial charge in [-0.15, -0.1) is 0 Å². The fraction of sp³-hybridized carbons (Fsp3) is 0.783. The molecule has 0 aromatic rings. The number of aliphatic carboxylic acids is 2. The average Bonchev–Trinajstić information content (AvgIpc) is 3.05. The first-order valence-electron chi connectivity index (χ1n) is 11.8. The minimum absolute atomic E-state index is 0.0332. The van der Waals surface area contributed by atoms with Crippen molar-refractivity contribution in [1.29, 1.82) is 0 Å². The van der Waals surface area contributed by atoms with Gasteiger partial charge in [-0.1, -0.05) is 38.3 Å². The van der Waals surface area contributed by atoms with E-state index >= 15 is 0 Å². The Morgan fingerprint density at radius 1 is 1.06 bits per heavy atom. The molecule has 0 radical (unpaired) electrons. The molecule has 9 atom stereocenters. The van der Waals surface area contributed by atoms with E-state index in [1.54, 1.807) is 19.1 Å². The summed E-state index contributed by atoms with van der Waals surface area (Å²) in [6, 6.07) is 0. The van der Waals surface area contributed by atoms with Crippen LogP contribution in [0.1, 0.15) is 58.3 Å². The number of hydrogen-bond acceptors (Lipinski definition) is 9. The van der Waals surface area contributed by atoms with Crippen LogP contribution < -0.4 is 0 Å². The summed E-state index contributed by atoms with van der Waals surface area (Å²) < 4.78 is 10.8. The summed E-state index contributed by atoms with van der Waals surface area (Å²) in [5.41, 5.74) is 0. The van der Waals surface area contributed by atoms with Gasteiger partial charge in [0.05, 0.1) is 12.2 Å². The van der Waals surface area contributed by atoms with Crippen LogP contribution in [-0.2, 0) is 23.9 Å². The van der Waals surface area contributed by atoms with Crippen molar-refractivity contribution >= 4 is 17.7 Å². The van der Waals surface area contributed by atoms with Crippen molar-refractivity contribution in [2.75, 3.05) is 0 Å². The third-order valence-electron chi connectivity index (χ3n) is 6.46. The van der Waals surface area contributed by atoms with Crippen molar-refractivity contribution in [2.45, 2.75) is 101 Å². The monoisotopic (exact) mass is 488 g/mol. The highest BCUT2D eigenvalue weighted by Gasteiger charge is 2.48. The number of carbonyl (C=O) groups is 3. The van der Waals surface area contributed by atoms with Crippen molar-refractivity contribution in [2.24, 2.45) is 11.8 Å². The zero-order chi connectivity index (χ0) is 25.4. The molecule has 0 aromatic heterocycles. The highest BCUT2D eigenvalue weighted by atomic mass is 16.7. The number of aliphatic hydroxyl groups excluding tert-OH is 4. The van der Waals surface area contributed by atoms with Gasteiger partial charge in [0.15, 0.2) is 12.4 Å². The lowest BCUT2D eigenvalue weighted by molar-refractivity contribution is -0.300. The zero-order valence-corrected chi connectivity index (χ0v) is 19.2. The average molecular weight is 489 g/mol. The number of carboxylic acid groups (broad SMARTS) is 2. The van der Waals surface area contributed by atoms with Gasteiger partial charge in [-0.25, -0.2) is 4.79 Å². The largest absolute Gasteiger partial charge is 0.481 e. The second-order valence-electron chi connectivity index (χ2n) is 8.97. The minimum atomic E-state index is -1.81. The summed E-state index contributed by atoms with van der Waals surface area (Å²) in [7, 11) is 0. The summed E-state index contributed by atoms with van der Waals surface area (Å²) in [5.74, 6) is -3.17. The van der Waals surface area contributed by atoms with Crippen molar-refractivity contribution in [3.05, 3.63) is 12.2 Å². The van der Waals surface area contributed by atoms with Crippen LogP contribution in [0, 0.1) is 11.8 Å². The number of unbranched alkanes of at least 4 members (excludes halogenated alkanes) is 3. The van der Waals surface area contributed by atoms with Crippen molar-refractivity contribution in [3.63, 3.8) is 0 Å². The zero-order valence-electron chi connectivity index (χ0n) is 19.2. The number of rotatable bonds is 13. The van der Waals surface area contributed by atoms with Crippen molar-refractivity contribution in [1.82, 2.24) is 0 Å². The maximum absolute atomic E-state index is 12.4. The number of Topliss-reactive ketones (excluding diaryl/α,β-unsaturated/α-hetero) is 1. The Morgan fingerprint density at radius 3 is 2.35 bits per heavy atom. The molecule has 11 heteroatoms. The fourth-order valence-electron chi connectivity index (χ4n) is 4.45. The molecule has 194 valence electrons. The Kier molecular flexibility index (Phi) is 11.1. The second kappa shape index (κ2) is 13.3. The van der Waals surface area contributed by atoms with Gasteiger partial charge in [0, 0.05) is 24.7 Å². The van der Waals surface area contributed by atoms with E-state index in [0.29, 0.717) is 19.3 Å². The van der Waals surface area contributed by atoms with Crippen LogP contribution in [0.2, 0.25) is 0 Å². The molecule has 1 heterocycles. The lowest BCUT2D eigenvalue weighted by Gasteiger charge is -2.39. The van der Waals surface area contributed by atoms with E-state index in [9.17, 15) is 34.8 Å². The number of carbonyl (C=O) groups excluding carboxylic acids is 1. The first kappa shape index (κ1) is 28.3. The van der Waals surface area contributed by atoms with E-state index < -0.39 is 60.8 Å². The molecule has 1 aliphatic heterocycles. The molecule has 6 N–H and O–H groups in total. The maximum atomic E-state index is 12.4. The number of ketones is 1. The third-order valence-corrected chi connectivity index (χ3v) is 6.46. The van der Waals surface area contributed by atoms with Gasteiger partial charge < -0.3 is 40.1 Å². The van der Waals surface area contributed by atoms with Gasteiger partial charge >= 0.3 is 11.9 Å². The molecule has 0 aromatic carbocycles. The van der Waals surface area contributed by atoms with Crippen LogP contribution in [-0.4, -0.2) is 91.3 Å². The second-order valence-corrected chi connectivity index (χ2v) is 8.97. The molecule has 1 saturated carbocycles. The van der Waals surface area contributed by atoms with E-state index in [0.717, 1.165) is 19.3 Å². The molecule has 5 unspecified atom stereocenters. The maximum Gasteiger partial charge on any atom is 0.335 e. The van der Waals surface area contributed by atoms with E-state index in [-0.39, 0.29) is 24.5 Å². The molecule has 0 amide bonds. The van der Waals surface area contributed by atoms with E-state index in [1.807, 2.05) is 0 Å². The van der Waals surface area contributed by atoms with E-state index in [2.05, 4.69) is 0 Å². The molecule has 2 aliphatic rings. The van der Waals surface area contributed by atoms with Crippen molar-refractivity contribution in [3.8, 4) is 0 Å². The highest BCUT2D eigenvalue weighted by molar-refractivity contribution is 5.84. The molecular weight excluding hydrogens is 452 g/mol. The molecule has 2 rings (SSSR count). The Labute approximate surface area is 198 Å². The number of aliphatic hydroxyl groups is 4. The SMILES string of the molecule is CCC(C=CC1C(O)CC(=O)C1CCCCCCC(=O)O)OC1O[C@H](C(=O)O)[C@@H](O)[C@H](O)[C@H]1O. The molecule has 2 fully saturated rings. The van der Waals surface area contributed by atoms with Crippen LogP contribution in [0.15, 0.2) is 12.2 Å². The minimum Gasteiger partial charge on any atom is -0.481 e. The normalized spacial score (nSPS) is 35.0. The first-order valence-corrected chi connectivity index (χ1v) is 11.8. The lowest BCUT2D eigenvalue weighted by atomic mass is 9.88. The summed E-state index contributed by atoms with van der Waals surface area (Å²) in [4.78, 5) is 34.2. The summed E-state index contributed by atoms with van der Waals surface area (Å²) in [6.07, 6.45) is -2.72. The Morgan fingerprint density at radius 2 is 1.74 bits per heavy atom. The highest BCUT2D eigenvalue weighted by Crippen LogP contribution is 2.35. The Bertz CT molecular complexity index is 724. The van der Waals surface area contributed by atoms with E-state index in [1.165, 1.54) is 0 Å². The lowest BCUT2D eigenvalue weighted by Crippen LogP contribution is -2.60. The molecule has 0 bridgehead atoms. The van der Waals surface area contributed by atoms with Gasteiger partial charge in [0.2, 0.25) is 0 Å². The van der Waals surface area contributed by atoms with Gasteiger partial charge in [-0.05, 0) is 19.3 Å². The molecule has 0 spiro atoms. The Balaban J connectivity index is 1.96. The first-order chi connectivity index (χ1) is 16.1. The predicted molar refractivity (Wildman–Crippen MR) is 117 cm³/mol. The smallest absolute Gasteiger partial charge is 0.335 e. The molecule has 34 heavy (non-hydrogen) atoms. The quantitative estimate of drug-likeness (QED) is 0.153. The van der Waals surface area contributed by atoms with Gasteiger partial charge in [0.1, 0.15) is 24.1 Å². The van der Waals surface area contributed by atoms with Gasteiger partial charge in [-0.2, -0.15) is 0 Å². The molecule has 1 saturated heterocycles.